The molecule has 39 heavy (non-hydrogen) atoms. The summed E-state index contributed by atoms with van der Waals surface area (Å²) in [6.45, 7) is 9.48. The van der Waals surface area contributed by atoms with Crippen LogP contribution in [0.4, 0.5) is 4.39 Å². The highest BCUT2D eigenvalue weighted by molar-refractivity contribution is 5.82. The summed E-state index contributed by atoms with van der Waals surface area (Å²) in [6.07, 6.45) is 0.770. The van der Waals surface area contributed by atoms with Crippen molar-refractivity contribution in [2.75, 3.05) is 0 Å². The number of carboxylic acid groups (broad SMARTS) is 1. The molecular weight excluding hydrogens is 491 g/mol. The molecule has 0 spiro atoms. The van der Waals surface area contributed by atoms with Crippen molar-refractivity contribution >= 4 is 11.6 Å². The summed E-state index contributed by atoms with van der Waals surface area (Å²) < 4.78 is 21.5. The molecule has 0 radical (unpaired) electrons. The van der Waals surface area contributed by atoms with Gasteiger partial charge < -0.3 is 9.84 Å². The molecule has 2 aromatic heterocycles. The number of fused-ring (bicyclic) bond motifs is 1. The highest BCUT2D eigenvalue weighted by Gasteiger charge is 2.32. The number of rotatable bonds is 6. The van der Waals surface area contributed by atoms with Crippen LogP contribution in [0.5, 0.6) is 0 Å². The molecule has 0 aliphatic rings. The Labute approximate surface area is 227 Å². The van der Waals surface area contributed by atoms with Crippen LogP contribution in [0.25, 0.3) is 39.3 Å². The van der Waals surface area contributed by atoms with Gasteiger partial charge in [0.25, 0.3) is 0 Å². The van der Waals surface area contributed by atoms with Crippen LogP contribution in [0, 0.1) is 19.7 Å². The predicted octanol–water partition coefficient (Wildman–Crippen LogP) is 8.03. The van der Waals surface area contributed by atoms with E-state index < -0.39 is 17.7 Å². The van der Waals surface area contributed by atoms with Crippen molar-refractivity contribution in [3.8, 4) is 33.6 Å². The van der Waals surface area contributed by atoms with Gasteiger partial charge in [0.05, 0.1) is 17.0 Å². The fraction of sp³-hybridized carbons (Fsp3) is 0.212. The van der Waals surface area contributed by atoms with Crippen molar-refractivity contribution < 1.29 is 19.0 Å². The van der Waals surface area contributed by atoms with E-state index in [-0.39, 0.29) is 5.82 Å². The molecule has 0 saturated carbocycles. The number of hydrogen-bond donors (Lipinski definition) is 1. The number of carboxylic acids is 1. The SMILES string of the molecule is Cc1ccc(-c2c([C@H](OC(C)(C)C)C(=O)O)c(C)cc3nc(-c4cccc(-c5ccc(F)cc5)c4)cn23)cc1. The molecule has 6 heteroatoms. The zero-order valence-electron chi connectivity index (χ0n) is 22.7. The van der Waals surface area contributed by atoms with Crippen molar-refractivity contribution in [3.63, 3.8) is 0 Å². The molecule has 0 amide bonds. The summed E-state index contributed by atoms with van der Waals surface area (Å²) in [7, 11) is 0. The Morgan fingerprint density at radius 1 is 0.897 bits per heavy atom. The van der Waals surface area contributed by atoms with Gasteiger partial charge in [0.2, 0.25) is 0 Å². The molecule has 0 aliphatic carbocycles. The smallest absolute Gasteiger partial charge is 0.337 e. The molecule has 1 N–H and O–H groups in total. The fourth-order valence-electron chi connectivity index (χ4n) is 4.83. The van der Waals surface area contributed by atoms with Gasteiger partial charge in [-0.1, -0.05) is 60.2 Å². The maximum Gasteiger partial charge on any atom is 0.337 e. The van der Waals surface area contributed by atoms with Crippen molar-refractivity contribution in [2.45, 2.75) is 46.3 Å². The van der Waals surface area contributed by atoms with E-state index in [2.05, 4.69) is 0 Å². The second-order valence-electron chi connectivity index (χ2n) is 10.8. The molecule has 5 rings (SSSR count). The van der Waals surface area contributed by atoms with E-state index in [1.54, 1.807) is 12.1 Å². The summed E-state index contributed by atoms with van der Waals surface area (Å²) in [4.78, 5) is 17.5. The Morgan fingerprint density at radius 3 is 2.18 bits per heavy atom. The third-order valence-electron chi connectivity index (χ3n) is 6.62. The largest absolute Gasteiger partial charge is 0.479 e. The lowest BCUT2D eigenvalue weighted by atomic mass is 9.95. The fourth-order valence-corrected chi connectivity index (χ4v) is 4.83. The molecule has 0 bridgehead atoms. The molecule has 0 unspecified atom stereocenters. The first kappa shape index (κ1) is 26.3. The number of hydrogen-bond acceptors (Lipinski definition) is 3. The van der Waals surface area contributed by atoms with Crippen LogP contribution in [-0.2, 0) is 9.53 Å². The number of halogens is 1. The second-order valence-corrected chi connectivity index (χ2v) is 10.8. The van der Waals surface area contributed by atoms with Crippen LogP contribution in [0.1, 0.15) is 43.6 Å². The van der Waals surface area contributed by atoms with Gasteiger partial charge in [-0.15, -0.1) is 0 Å². The summed E-state index contributed by atoms with van der Waals surface area (Å²) >= 11 is 0. The second kappa shape index (κ2) is 10.1. The summed E-state index contributed by atoms with van der Waals surface area (Å²) in [5, 5.41) is 10.3. The molecule has 0 fully saturated rings. The van der Waals surface area contributed by atoms with Gasteiger partial charge in [0, 0.05) is 17.3 Å². The standard InChI is InChI=1S/C33H31FN2O3/c1-20-9-11-23(12-10-20)30-29(31(32(37)38)39-33(3,4)5)21(2)17-28-35-27(19-36(28)30)25-8-6-7-24(18-25)22-13-15-26(34)16-14-22/h6-19,31H,1-5H3,(H,37,38)/t31-/m0/s1. The minimum Gasteiger partial charge on any atom is -0.479 e. The van der Waals surface area contributed by atoms with E-state index in [0.717, 1.165) is 44.8 Å². The number of carbonyl (C=O) groups is 1. The van der Waals surface area contributed by atoms with Crippen LogP contribution in [-0.4, -0.2) is 26.1 Å². The Balaban J connectivity index is 1.73. The Morgan fingerprint density at radius 2 is 1.54 bits per heavy atom. The van der Waals surface area contributed by atoms with E-state index in [0.29, 0.717) is 11.2 Å². The van der Waals surface area contributed by atoms with Crippen molar-refractivity contribution in [2.24, 2.45) is 0 Å². The third kappa shape index (κ3) is 5.47. The number of aryl methyl sites for hydroxylation is 2. The van der Waals surface area contributed by atoms with Crippen LogP contribution in [0.15, 0.2) is 85.1 Å². The predicted molar refractivity (Wildman–Crippen MR) is 152 cm³/mol. The van der Waals surface area contributed by atoms with Gasteiger partial charge >= 0.3 is 5.97 Å². The van der Waals surface area contributed by atoms with Crippen molar-refractivity contribution in [1.82, 2.24) is 9.38 Å². The van der Waals surface area contributed by atoms with E-state index in [1.807, 2.05) is 99.8 Å². The molecule has 5 aromatic rings. The Hall–Kier alpha value is -4.29. The summed E-state index contributed by atoms with van der Waals surface area (Å²) in [5.41, 5.74) is 7.62. The first-order valence-electron chi connectivity index (χ1n) is 12.9. The van der Waals surface area contributed by atoms with Gasteiger partial charge in [-0.2, -0.15) is 0 Å². The lowest BCUT2D eigenvalue weighted by Crippen LogP contribution is -2.28. The van der Waals surface area contributed by atoms with Gasteiger partial charge in [-0.3, -0.25) is 4.40 Å². The van der Waals surface area contributed by atoms with E-state index >= 15 is 0 Å². The minimum absolute atomic E-state index is 0.278. The van der Waals surface area contributed by atoms with Gasteiger partial charge in [-0.25, -0.2) is 14.2 Å². The number of imidazole rings is 1. The van der Waals surface area contributed by atoms with Gasteiger partial charge in [0.15, 0.2) is 6.10 Å². The first-order valence-corrected chi connectivity index (χ1v) is 12.9. The van der Waals surface area contributed by atoms with Crippen LogP contribution < -0.4 is 0 Å². The number of aliphatic carboxylic acids is 1. The molecule has 0 saturated heterocycles. The molecule has 198 valence electrons. The van der Waals surface area contributed by atoms with Crippen molar-refractivity contribution in [1.29, 1.82) is 0 Å². The zero-order valence-corrected chi connectivity index (χ0v) is 22.7. The monoisotopic (exact) mass is 522 g/mol. The first-order chi connectivity index (χ1) is 18.5. The highest BCUT2D eigenvalue weighted by atomic mass is 19.1. The number of aromatic nitrogens is 2. The number of nitrogens with zero attached hydrogens (tertiary/aromatic N) is 2. The maximum absolute atomic E-state index is 13.5. The van der Waals surface area contributed by atoms with Crippen molar-refractivity contribution in [3.05, 3.63) is 108 Å². The van der Waals surface area contributed by atoms with E-state index in [1.165, 1.54) is 12.1 Å². The quantitative estimate of drug-likeness (QED) is 0.245. The van der Waals surface area contributed by atoms with E-state index in [9.17, 15) is 14.3 Å². The number of benzene rings is 3. The molecule has 5 nitrogen and oxygen atoms in total. The Bertz CT molecular complexity index is 1660. The van der Waals surface area contributed by atoms with Crippen LogP contribution in [0.2, 0.25) is 0 Å². The average molecular weight is 523 g/mol. The van der Waals surface area contributed by atoms with Gasteiger partial charge in [0.1, 0.15) is 11.5 Å². The normalized spacial score (nSPS) is 12.6. The highest BCUT2D eigenvalue weighted by Crippen LogP contribution is 2.37. The molecule has 1 atom stereocenters. The lowest BCUT2D eigenvalue weighted by Gasteiger charge is -2.28. The third-order valence-corrected chi connectivity index (χ3v) is 6.62. The van der Waals surface area contributed by atoms with E-state index in [4.69, 9.17) is 9.72 Å². The summed E-state index contributed by atoms with van der Waals surface area (Å²) in [5.74, 6) is -1.33. The van der Waals surface area contributed by atoms with Crippen LogP contribution >= 0.6 is 0 Å². The molecule has 2 heterocycles. The van der Waals surface area contributed by atoms with Crippen LogP contribution in [0.3, 0.4) is 0 Å². The Kier molecular flexibility index (Phi) is 6.83. The lowest BCUT2D eigenvalue weighted by molar-refractivity contribution is -0.160. The number of ether oxygens (including phenoxy) is 1. The van der Waals surface area contributed by atoms with Gasteiger partial charge in [-0.05, 0) is 81.1 Å². The summed E-state index contributed by atoms with van der Waals surface area (Å²) in [6, 6.07) is 24.3. The molecule has 0 aliphatic heterocycles. The zero-order chi connectivity index (χ0) is 27.9. The average Bonchev–Trinajstić information content (AvgIpc) is 3.31. The molecular formula is C33H31FN2O3. The minimum atomic E-state index is -1.17. The molecule has 3 aromatic carbocycles. The number of pyridine rings is 1. The maximum atomic E-state index is 13.5. The topological polar surface area (TPSA) is 63.8 Å².